The van der Waals surface area contributed by atoms with Crippen molar-refractivity contribution in [3.63, 3.8) is 0 Å². The molecule has 0 amide bonds. The number of rotatable bonds is 8. The molecule has 0 saturated carbocycles. The molecule has 12 rings (SSSR count). The van der Waals surface area contributed by atoms with Gasteiger partial charge < -0.3 is 19.6 Å². The van der Waals surface area contributed by atoms with E-state index in [-0.39, 0.29) is 60.9 Å². The molecule has 0 N–H and O–H groups in total. The van der Waals surface area contributed by atoms with Crippen LogP contribution in [0.25, 0.3) is 0 Å². The Labute approximate surface area is 659 Å². The van der Waals surface area contributed by atoms with E-state index in [4.69, 9.17) is 11.6 Å². The maximum absolute atomic E-state index is 7.86. The van der Waals surface area contributed by atoms with Gasteiger partial charge in [-0.25, -0.2) is 0 Å². The second-order valence-electron chi connectivity index (χ2n) is 41.8. The van der Waals surface area contributed by atoms with Crippen LogP contribution in [0.2, 0.25) is 5.02 Å². The summed E-state index contributed by atoms with van der Waals surface area (Å²) in [5, 5.41) is 0.693. The number of aryl methyl sites for hydroxylation is 2. The molecule has 6 heteroatoms. The zero-order valence-electron chi connectivity index (χ0n) is 72.2. The Balaban J connectivity index is 0.000000215. The predicted molar refractivity (Wildman–Crippen MR) is 478 cm³/mol. The Morgan fingerprint density at radius 3 is 1.06 bits per heavy atom. The first kappa shape index (κ1) is 80.8. The number of anilines is 12. The van der Waals surface area contributed by atoms with Gasteiger partial charge in [0.25, 0.3) is 6.71 Å². The predicted octanol–water partition coefficient (Wildman–Crippen LogP) is 28.6. The molecule has 10 aromatic carbocycles. The number of hydrogen-bond donors (Lipinski definition) is 0. The summed E-state index contributed by atoms with van der Waals surface area (Å²) in [6, 6.07) is 74.6. The molecule has 0 spiro atoms. The molecule has 108 heavy (non-hydrogen) atoms. The third kappa shape index (κ3) is 16.5. The molecule has 0 bridgehead atoms. The second-order valence-corrected chi connectivity index (χ2v) is 42.2. The molecule has 2 aliphatic heterocycles. The third-order valence-corrected chi connectivity index (χ3v) is 22.7. The van der Waals surface area contributed by atoms with Crippen molar-refractivity contribution in [3.05, 3.63) is 266 Å². The van der Waals surface area contributed by atoms with Crippen LogP contribution in [0.15, 0.2) is 194 Å². The number of nitrogens with zero attached hydrogens (tertiary/aromatic N) is 4. The minimum atomic E-state index is -0.0612. The molecule has 0 atom stereocenters. The SMILES string of the molecule is Cc1cc(N(c2ccc(C(C)(C)C)cc2)c2ccc(C(C)(C)C)cc2)c(Cl)c(N(c2cccc(C(C)(C)C)c2)c2ccc(C(C)(C)C)c(C(C)(C)C)c2)c1.Cc1cc2c3c(c1)N(c1ccc(C(C)(C)C)c(C(C)(C)C)c1)c1cc(C(C)(C)C)ccc1B3c1cc(C(C)(C)C)ccc1N2c1ccc(C(C)(C)C)cc1. The Hall–Kier alpha value is -8.25. The molecule has 4 nitrogen and oxygen atoms in total. The van der Waals surface area contributed by atoms with Gasteiger partial charge >= 0.3 is 0 Å². The van der Waals surface area contributed by atoms with Crippen molar-refractivity contribution in [2.24, 2.45) is 0 Å². The normalized spacial score (nSPS) is 13.7. The average Bonchev–Trinajstić information content (AvgIpc) is 0.695. The molecule has 0 aliphatic carbocycles. The van der Waals surface area contributed by atoms with Crippen molar-refractivity contribution in [1.29, 1.82) is 0 Å². The summed E-state index contributed by atoms with van der Waals surface area (Å²) in [6.07, 6.45) is 0. The number of fused-ring (bicyclic) bond motifs is 4. The van der Waals surface area contributed by atoms with Crippen LogP contribution in [-0.4, -0.2) is 6.71 Å². The van der Waals surface area contributed by atoms with Crippen LogP contribution in [0, 0.1) is 13.8 Å². The molecule has 10 aromatic rings. The molecular formula is C102H128BClN4. The largest absolute Gasteiger partial charge is 0.311 e. The highest BCUT2D eigenvalue weighted by atomic mass is 35.5. The summed E-state index contributed by atoms with van der Waals surface area (Å²) < 4.78 is 0. The summed E-state index contributed by atoms with van der Waals surface area (Å²) in [6.45, 7) is 73.8. The quantitative estimate of drug-likeness (QED) is 0.141. The van der Waals surface area contributed by atoms with Crippen LogP contribution in [0.5, 0.6) is 0 Å². The molecule has 0 aromatic heterocycles. The Morgan fingerprint density at radius 2 is 0.611 bits per heavy atom. The van der Waals surface area contributed by atoms with Gasteiger partial charge in [0.2, 0.25) is 0 Å². The maximum Gasteiger partial charge on any atom is 0.252 e. The fourth-order valence-electron chi connectivity index (χ4n) is 15.9. The highest BCUT2D eigenvalue weighted by molar-refractivity contribution is 7.00. The highest BCUT2D eigenvalue weighted by Gasteiger charge is 2.45. The molecule has 0 radical (unpaired) electrons. The second kappa shape index (κ2) is 28.3. The van der Waals surface area contributed by atoms with Crippen LogP contribution in [0.1, 0.15) is 274 Å². The van der Waals surface area contributed by atoms with E-state index in [1.807, 2.05) is 0 Å². The van der Waals surface area contributed by atoms with E-state index >= 15 is 0 Å². The fourth-order valence-corrected chi connectivity index (χ4v) is 16.1. The van der Waals surface area contributed by atoms with Gasteiger partial charge in [0.15, 0.2) is 0 Å². The summed E-state index contributed by atoms with van der Waals surface area (Å²) >= 11 is 7.86. The molecule has 2 aliphatic rings. The first-order valence-corrected chi connectivity index (χ1v) is 40.2. The van der Waals surface area contributed by atoms with Crippen LogP contribution in [0.4, 0.5) is 68.2 Å². The molecule has 0 unspecified atom stereocenters. The lowest BCUT2D eigenvalue weighted by molar-refractivity contribution is 0.530. The van der Waals surface area contributed by atoms with Gasteiger partial charge in [0.1, 0.15) is 0 Å². The summed E-state index contributed by atoms with van der Waals surface area (Å²) in [7, 11) is 0. The zero-order chi connectivity index (χ0) is 79.7. The third-order valence-electron chi connectivity index (χ3n) is 22.3. The van der Waals surface area contributed by atoms with Crippen molar-refractivity contribution >= 4 is 103 Å². The monoisotopic (exact) mass is 1450 g/mol. The van der Waals surface area contributed by atoms with E-state index < -0.39 is 0 Å². The average molecular weight is 1460 g/mol. The Morgan fingerprint density at radius 1 is 0.259 bits per heavy atom. The lowest BCUT2D eigenvalue weighted by Crippen LogP contribution is -2.61. The van der Waals surface area contributed by atoms with Crippen LogP contribution in [0.3, 0.4) is 0 Å². The molecule has 566 valence electrons. The van der Waals surface area contributed by atoms with Crippen molar-refractivity contribution in [2.75, 3.05) is 19.6 Å². The van der Waals surface area contributed by atoms with Crippen molar-refractivity contribution in [1.82, 2.24) is 0 Å². The van der Waals surface area contributed by atoms with Gasteiger partial charge in [-0.3, -0.25) is 0 Å². The van der Waals surface area contributed by atoms with E-state index in [0.29, 0.717) is 5.02 Å². The van der Waals surface area contributed by atoms with Crippen molar-refractivity contribution < 1.29 is 0 Å². The number of halogens is 1. The summed E-state index contributed by atoms with van der Waals surface area (Å²) in [4.78, 5) is 9.85. The molecule has 0 saturated heterocycles. The maximum atomic E-state index is 7.86. The van der Waals surface area contributed by atoms with E-state index in [0.717, 1.165) is 39.7 Å². The van der Waals surface area contributed by atoms with Crippen molar-refractivity contribution in [3.8, 4) is 0 Å². The van der Waals surface area contributed by atoms with Gasteiger partial charge in [0, 0.05) is 56.9 Å². The van der Waals surface area contributed by atoms with Gasteiger partial charge in [-0.05, 0) is 260 Å². The molecule has 2 heterocycles. The van der Waals surface area contributed by atoms with Crippen molar-refractivity contribution in [2.45, 2.75) is 276 Å². The first-order valence-electron chi connectivity index (χ1n) is 39.8. The van der Waals surface area contributed by atoms with Gasteiger partial charge in [0.05, 0.1) is 16.4 Å². The fraction of sp³-hybridized carbons (Fsp3) is 0.412. The number of benzene rings is 10. The van der Waals surface area contributed by atoms with Gasteiger partial charge in [-0.2, -0.15) is 0 Å². The number of hydrogen-bond acceptors (Lipinski definition) is 4. The highest BCUT2D eigenvalue weighted by Crippen LogP contribution is 2.52. The summed E-state index contributed by atoms with van der Waals surface area (Å²) in [5.41, 5.74) is 33.8. The lowest BCUT2D eigenvalue weighted by Gasteiger charge is -2.45. The van der Waals surface area contributed by atoms with Crippen LogP contribution >= 0.6 is 11.6 Å². The van der Waals surface area contributed by atoms with Crippen LogP contribution in [-0.2, 0) is 54.1 Å². The van der Waals surface area contributed by atoms with E-state index in [1.165, 1.54) is 112 Å². The van der Waals surface area contributed by atoms with E-state index in [1.54, 1.807) is 0 Å². The first-order chi connectivity index (χ1) is 49.6. The van der Waals surface area contributed by atoms with Gasteiger partial charge in [-0.15, -0.1) is 0 Å². The standard InChI is InChI=1S/C51H63BN2.C51H65ClN2/c1-32-27-44-46-45(28-32)54(37-23-24-38(50(11,12)13)39(31-37)51(14,15)16)43-30-35(49(8,9)10)19-25-40(43)52(46)41-29-34(48(5,6)7)20-26-42(41)53(44)36-21-17-33(18-22-36)47(2,3)4;1-34-30-44(53(38-24-20-35(21-25-38)47(2,3)4)39-26-22-36(23-27-39)48(5,6)7)46(52)45(31-34)54(40-19-17-18-37(32-40)49(8,9)10)41-28-29-42(50(11,12)13)43(33-41)51(14,15)16/h17-31H,1-16H3;17-33H,1-16H3. The topological polar surface area (TPSA) is 13.0 Å². The minimum absolute atomic E-state index is 0.00213. The zero-order valence-corrected chi connectivity index (χ0v) is 73.0. The van der Waals surface area contributed by atoms with E-state index in [9.17, 15) is 0 Å². The van der Waals surface area contributed by atoms with E-state index in [2.05, 4.69) is 435 Å². The van der Waals surface area contributed by atoms with Crippen LogP contribution < -0.4 is 36.0 Å². The minimum Gasteiger partial charge on any atom is -0.311 e. The summed E-state index contributed by atoms with van der Waals surface area (Å²) in [5.74, 6) is 0. The Bertz CT molecular complexity index is 4920. The smallest absolute Gasteiger partial charge is 0.252 e. The Kier molecular flexibility index (Phi) is 21.1. The molecule has 0 fully saturated rings. The lowest BCUT2D eigenvalue weighted by atomic mass is 9.33. The van der Waals surface area contributed by atoms with Gasteiger partial charge in [-0.1, -0.05) is 304 Å². The molecular weight excluding hydrogens is 1330 g/mol.